The van der Waals surface area contributed by atoms with Gasteiger partial charge in [0.15, 0.2) is 6.61 Å². The molecule has 9 nitrogen and oxygen atoms in total. The molecule has 2 aromatic rings. The minimum atomic E-state index is -0.964. The van der Waals surface area contributed by atoms with Crippen molar-refractivity contribution < 1.29 is 23.9 Å². The number of carbonyl (C=O) groups excluding carboxylic acids is 3. The summed E-state index contributed by atoms with van der Waals surface area (Å²) in [6.07, 6.45) is 1.36. The van der Waals surface area contributed by atoms with Gasteiger partial charge in [0.25, 0.3) is 5.91 Å². The molecule has 0 fully saturated rings. The fourth-order valence-electron chi connectivity index (χ4n) is 2.34. The van der Waals surface area contributed by atoms with Gasteiger partial charge in [-0.1, -0.05) is 11.6 Å². The fourth-order valence-corrected chi connectivity index (χ4v) is 2.51. The molecule has 0 aliphatic rings. The third-order valence-corrected chi connectivity index (χ3v) is 3.93. The summed E-state index contributed by atoms with van der Waals surface area (Å²) in [6, 6.07) is 11.3. The molecule has 0 aliphatic carbocycles. The molecule has 0 radical (unpaired) electrons. The van der Waals surface area contributed by atoms with E-state index in [4.69, 9.17) is 21.1 Å². The van der Waals surface area contributed by atoms with E-state index in [9.17, 15) is 14.4 Å². The van der Waals surface area contributed by atoms with Gasteiger partial charge in [0.1, 0.15) is 11.5 Å². The van der Waals surface area contributed by atoms with Crippen molar-refractivity contribution in [2.45, 2.75) is 19.9 Å². The summed E-state index contributed by atoms with van der Waals surface area (Å²) in [5.74, 6) is -1.24. The van der Waals surface area contributed by atoms with Gasteiger partial charge < -0.3 is 20.1 Å². The Balaban J connectivity index is 1.85. The Labute approximate surface area is 184 Å². The largest absolute Gasteiger partial charge is 0.495 e. The first-order chi connectivity index (χ1) is 14.8. The molecule has 164 valence electrons. The first-order valence-corrected chi connectivity index (χ1v) is 9.66. The molecule has 31 heavy (non-hydrogen) atoms. The van der Waals surface area contributed by atoms with Crippen LogP contribution in [0.2, 0.25) is 5.02 Å². The molecule has 0 bridgehead atoms. The highest BCUT2D eigenvalue weighted by Crippen LogP contribution is 2.27. The van der Waals surface area contributed by atoms with Crippen molar-refractivity contribution in [3.63, 3.8) is 0 Å². The molecule has 2 aromatic carbocycles. The van der Waals surface area contributed by atoms with E-state index < -0.39 is 11.8 Å². The van der Waals surface area contributed by atoms with E-state index in [-0.39, 0.29) is 24.2 Å². The second-order valence-electron chi connectivity index (χ2n) is 6.58. The number of hydrogen-bond acceptors (Lipinski definition) is 6. The van der Waals surface area contributed by atoms with E-state index in [2.05, 4.69) is 21.2 Å². The molecule has 0 aromatic heterocycles. The zero-order valence-corrected chi connectivity index (χ0v) is 18.0. The summed E-state index contributed by atoms with van der Waals surface area (Å²) >= 11 is 5.89. The Morgan fingerprint density at radius 3 is 2.45 bits per heavy atom. The highest BCUT2D eigenvalue weighted by atomic mass is 35.5. The highest BCUT2D eigenvalue weighted by Gasteiger charge is 2.15. The van der Waals surface area contributed by atoms with Crippen LogP contribution < -0.4 is 25.5 Å². The van der Waals surface area contributed by atoms with Crippen LogP contribution in [0.4, 0.5) is 5.69 Å². The topological polar surface area (TPSA) is 118 Å². The number of rotatable bonds is 8. The fraction of sp³-hybridized carbons (Fsp3) is 0.238. The second kappa shape index (κ2) is 11.6. The van der Waals surface area contributed by atoms with Crippen LogP contribution >= 0.6 is 11.6 Å². The van der Waals surface area contributed by atoms with Gasteiger partial charge in [-0.25, -0.2) is 5.43 Å². The smallest absolute Gasteiger partial charge is 0.329 e. The van der Waals surface area contributed by atoms with Crippen molar-refractivity contribution in [1.29, 1.82) is 0 Å². The van der Waals surface area contributed by atoms with E-state index in [0.717, 1.165) is 0 Å². The molecule has 3 amide bonds. The van der Waals surface area contributed by atoms with Crippen LogP contribution in [-0.2, 0) is 14.4 Å². The SMILES string of the molecule is COc1ccc(Cl)cc1NC(=O)C(=O)N/N=C\c1ccc(OCC(=O)NC(C)C)cc1. The quantitative estimate of drug-likeness (QED) is 0.327. The van der Waals surface area contributed by atoms with Crippen LogP contribution in [-0.4, -0.2) is 43.7 Å². The van der Waals surface area contributed by atoms with Gasteiger partial charge in [0.05, 0.1) is 19.0 Å². The maximum atomic E-state index is 12.0. The summed E-state index contributed by atoms with van der Waals surface area (Å²) in [4.78, 5) is 35.5. The highest BCUT2D eigenvalue weighted by molar-refractivity contribution is 6.40. The van der Waals surface area contributed by atoms with Crippen molar-refractivity contribution >= 4 is 41.2 Å². The summed E-state index contributed by atoms with van der Waals surface area (Å²) in [7, 11) is 1.43. The van der Waals surface area contributed by atoms with Crippen LogP contribution in [0.25, 0.3) is 0 Å². The maximum Gasteiger partial charge on any atom is 0.329 e. The Kier molecular flexibility index (Phi) is 8.83. The average molecular weight is 447 g/mol. The minimum Gasteiger partial charge on any atom is -0.495 e. The lowest BCUT2D eigenvalue weighted by molar-refractivity contribution is -0.136. The van der Waals surface area contributed by atoms with Gasteiger partial charge in [0.2, 0.25) is 0 Å². The molecular formula is C21H23ClN4O5. The van der Waals surface area contributed by atoms with Crippen molar-refractivity contribution in [3.05, 3.63) is 53.1 Å². The predicted molar refractivity (Wildman–Crippen MR) is 118 cm³/mol. The lowest BCUT2D eigenvalue weighted by atomic mass is 10.2. The van der Waals surface area contributed by atoms with E-state index in [0.29, 0.717) is 22.1 Å². The Hall–Kier alpha value is -3.59. The van der Waals surface area contributed by atoms with Gasteiger partial charge in [-0.3, -0.25) is 14.4 Å². The first-order valence-electron chi connectivity index (χ1n) is 9.28. The number of nitrogens with zero attached hydrogens (tertiary/aromatic N) is 1. The lowest BCUT2D eigenvalue weighted by Crippen LogP contribution is -2.34. The number of hydrogen-bond donors (Lipinski definition) is 3. The number of anilines is 1. The molecule has 3 N–H and O–H groups in total. The molecule has 0 atom stereocenters. The van der Waals surface area contributed by atoms with Crippen molar-refractivity contribution in [3.8, 4) is 11.5 Å². The third-order valence-electron chi connectivity index (χ3n) is 3.70. The van der Waals surface area contributed by atoms with E-state index in [1.807, 2.05) is 13.8 Å². The van der Waals surface area contributed by atoms with Crippen LogP contribution in [0, 0.1) is 0 Å². The van der Waals surface area contributed by atoms with Crippen LogP contribution in [0.5, 0.6) is 11.5 Å². The molecule has 10 heteroatoms. The van der Waals surface area contributed by atoms with Crippen molar-refractivity contribution in [1.82, 2.24) is 10.7 Å². The normalized spacial score (nSPS) is 10.6. The number of carbonyl (C=O) groups is 3. The minimum absolute atomic E-state index is 0.0412. The van der Waals surface area contributed by atoms with Crippen LogP contribution in [0.15, 0.2) is 47.6 Å². The summed E-state index contributed by atoms with van der Waals surface area (Å²) in [5, 5.41) is 9.26. The molecule has 2 rings (SSSR count). The molecule has 0 spiro atoms. The number of halogens is 1. The van der Waals surface area contributed by atoms with Crippen molar-refractivity contribution in [2.24, 2.45) is 5.10 Å². The monoisotopic (exact) mass is 446 g/mol. The zero-order chi connectivity index (χ0) is 22.8. The number of ether oxygens (including phenoxy) is 2. The van der Waals surface area contributed by atoms with Gasteiger partial charge in [-0.05, 0) is 61.9 Å². The second-order valence-corrected chi connectivity index (χ2v) is 7.01. The van der Waals surface area contributed by atoms with E-state index in [1.165, 1.54) is 19.4 Å². The number of amides is 3. The third kappa shape index (κ3) is 7.98. The maximum absolute atomic E-state index is 12.0. The summed E-state index contributed by atoms with van der Waals surface area (Å²) in [6.45, 7) is 3.64. The summed E-state index contributed by atoms with van der Waals surface area (Å²) in [5.41, 5.74) is 3.05. The van der Waals surface area contributed by atoms with Crippen LogP contribution in [0.3, 0.4) is 0 Å². The molecule has 0 aliphatic heterocycles. The lowest BCUT2D eigenvalue weighted by Gasteiger charge is -2.10. The standard InChI is InChI=1S/C21H23ClN4O5/c1-13(2)24-19(27)12-31-16-7-4-14(5-8-16)11-23-26-21(29)20(28)25-17-10-15(22)6-9-18(17)30-3/h4-11,13H,12H2,1-3H3,(H,24,27)(H,25,28)(H,26,29)/b23-11-. The average Bonchev–Trinajstić information content (AvgIpc) is 2.72. The molecule has 0 saturated heterocycles. The predicted octanol–water partition coefficient (Wildman–Crippen LogP) is 2.34. The Morgan fingerprint density at radius 1 is 1.10 bits per heavy atom. The van der Waals surface area contributed by atoms with Gasteiger partial charge in [0, 0.05) is 11.1 Å². The van der Waals surface area contributed by atoms with Gasteiger partial charge in [-0.2, -0.15) is 5.10 Å². The van der Waals surface area contributed by atoms with Gasteiger partial charge >= 0.3 is 11.8 Å². The Morgan fingerprint density at radius 2 is 1.81 bits per heavy atom. The first kappa shape index (κ1) is 23.7. The van der Waals surface area contributed by atoms with E-state index in [1.54, 1.807) is 36.4 Å². The van der Waals surface area contributed by atoms with E-state index >= 15 is 0 Å². The molecule has 0 unspecified atom stereocenters. The Bertz CT molecular complexity index is 961. The molecule has 0 saturated carbocycles. The van der Waals surface area contributed by atoms with Gasteiger partial charge in [-0.15, -0.1) is 0 Å². The number of benzene rings is 2. The molecular weight excluding hydrogens is 424 g/mol. The number of hydrazone groups is 1. The zero-order valence-electron chi connectivity index (χ0n) is 17.3. The number of methoxy groups -OCH3 is 1. The molecule has 0 heterocycles. The van der Waals surface area contributed by atoms with Crippen molar-refractivity contribution in [2.75, 3.05) is 19.0 Å². The van der Waals surface area contributed by atoms with Crippen LogP contribution in [0.1, 0.15) is 19.4 Å². The summed E-state index contributed by atoms with van der Waals surface area (Å²) < 4.78 is 10.5. The number of nitrogens with one attached hydrogen (secondary N) is 3.